The lowest BCUT2D eigenvalue weighted by Gasteiger charge is -2.01. The van der Waals surface area contributed by atoms with Crippen molar-refractivity contribution < 1.29 is 4.79 Å². The van der Waals surface area contributed by atoms with Crippen LogP contribution in [0.2, 0.25) is 0 Å². The number of allylic oxidation sites excluding steroid dienone is 1. The summed E-state index contributed by atoms with van der Waals surface area (Å²) in [7, 11) is 0. The SMILES string of the molecule is CC/C=C\C(=N)C(=O)NCC1CC1. The van der Waals surface area contributed by atoms with Gasteiger partial charge in [0, 0.05) is 6.54 Å². The molecule has 0 spiro atoms. The van der Waals surface area contributed by atoms with E-state index in [2.05, 4.69) is 5.32 Å². The van der Waals surface area contributed by atoms with Crippen molar-refractivity contribution >= 4 is 11.6 Å². The van der Waals surface area contributed by atoms with Gasteiger partial charge in [-0.15, -0.1) is 0 Å². The molecule has 0 bridgehead atoms. The van der Waals surface area contributed by atoms with Crippen LogP contribution in [0.4, 0.5) is 0 Å². The molecule has 0 aliphatic heterocycles. The van der Waals surface area contributed by atoms with Crippen molar-refractivity contribution in [1.29, 1.82) is 5.41 Å². The first-order valence-electron chi connectivity index (χ1n) is 4.77. The summed E-state index contributed by atoms with van der Waals surface area (Å²) < 4.78 is 0. The maximum Gasteiger partial charge on any atom is 0.269 e. The largest absolute Gasteiger partial charge is 0.350 e. The Morgan fingerprint density at radius 1 is 1.62 bits per heavy atom. The fraction of sp³-hybridized carbons (Fsp3) is 0.600. The molecule has 3 nitrogen and oxygen atoms in total. The van der Waals surface area contributed by atoms with E-state index in [0.29, 0.717) is 5.92 Å². The van der Waals surface area contributed by atoms with E-state index in [4.69, 9.17) is 5.41 Å². The van der Waals surface area contributed by atoms with E-state index in [9.17, 15) is 4.79 Å². The van der Waals surface area contributed by atoms with Gasteiger partial charge in [-0.2, -0.15) is 0 Å². The van der Waals surface area contributed by atoms with Crippen LogP contribution in [0.1, 0.15) is 26.2 Å². The quantitative estimate of drug-likeness (QED) is 0.619. The van der Waals surface area contributed by atoms with Crippen molar-refractivity contribution in [1.82, 2.24) is 5.32 Å². The summed E-state index contributed by atoms with van der Waals surface area (Å²) in [6.45, 7) is 2.72. The zero-order chi connectivity index (χ0) is 9.68. The number of carbonyl (C=O) groups excluding carboxylic acids is 1. The van der Waals surface area contributed by atoms with Crippen molar-refractivity contribution in [2.75, 3.05) is 6.54 Å². The molecule has 0 saturated heterocycles. The van der Waals surface area contributed by atoms with Crippen LogP contribution in [0.5, 0.6) is 0 Å². The van der Waals surface area contributed by atoms with Gasteiger partial charge in [0.15, 0.2) is 0 Å². The van der Waals surface area contributed by atoms with Gasteiger partial charge in [0.25, 0.3) is 5.91 Å². The van der Waals surface area contributed by atoms with Gasteiger partial charge in [0.2, 0.25) is 0 Å². The molecule has 0 aromatic heterocycles. The van der Waals surface area contributed by atoms with Crippen LogP contribution in [0, 0.1) is 11.3 Å². The molecule has 1 amide bonds. The zero-order valence-corrected chi connectivity index (χ0v) is 7.97. The summed E-state index contributed by atoms with van der Waals surface area (Å²) in [4.78, 5) is 11.2. The number of hydrogen-bond donors (Lipinski definition) is 2. The highest BCUT2D eigenvalue weighted by Crippen LogP contribution is 2.27. The Kier molecular flexibility index (Phi) is 3.68. The van der Waals surface area contributed by atoms with E-state index >= 15 is 0 Å². The van der Waals surface area contributed by atoms with E-state index in [1.54, 1.807) is 6.08 Å². The minimum absolute atomic E-state index is 0.0579. The standard InChI is InChI=1S/C10H16N2O/c1-2-3-4-9(11)10(13)12-7-8-5-6-8/h3-4,8,11H,2,5-7H2,1H3,(H,12,13)/b4-3-,11-9?. The fourth-order valence-electron chi connectivity index (χ4n) is 0.966. The molecule has 0 aromatic carbocycles. The smallest absolute Gasteiger partial charge is 0.269 e. The van der Waals surface area contributed by atoms with Gasteiger partial charge >= 0.3 is 0 Å². The Hall–Kier alpha value is -1.12. The van der Waals surface area contributed by atoms with E-state index < -0.39 is 0 Å². The van der Waals surface area contributed by atoms with E-state index in [-0.39, 0.29) is 11.6 Å². The number of nitrogens with one attached hydrogen (secondary N) is 2. The molecule has 72 valence electrons. The highest BCUT2D eigenvalue weighted by molar-refractivity contribution is 6.42. The van der Waals surface area contributed by atoms with Crippen LogP contribution >= 0.6 is 0 Å². The highest BCUT2D eigenvalue weighted by Gasteiger charge is 2.21. The lowest BCUT2D eigenvalue weighted by molar-refractivity contribution is -0.114. The Bertz CT molecular complexity index is 229. The van der Waals surface area contributed by atoms with Crippen molar-refractivity contribution in [3.05, 3.63) is 12.2 Å². The molecular formula is C10H16N2O. The van der Waals surface area contributed by atoms with Crippen molar-refractivity contribution in [3.8, 4) is 0 Å². The van der Waals surface area contributed by atoms with Gasteiger partial charge in [0.1, 0.15) is 5.71 Å². The third-order valence-corrected chi connectivity index (χ3v) is 2.01. The van der Waals surface area contributed by atoms with Crippen LogP contribution in [0.3, 0.4) is 0 Å². The van der Waals surface area contributed by atoms with E-state index in [1.165, 1.54) is 12.8 Å². The molecule has 0 unspecified atom stereocenters. The van der Waals surface area contributed by atoms with Gasteiger partial charge in [0.05, 0.1) is 0 Å². The summed E-state index contributed by atoms with van der Waals surface area (Å²) in [5.74, 6) is 0.420. The van der Waals surface area contributed by atoms with Crippen LogP contribution < -0.4 is 5.32 Å². The minimum atomic E-state index is -0.253. The van der Waals surface area contributed by atoms with Gasteiger partial charge in [-0.25, -0.2) is 0 Å². The van der Waals surface area contributed by atoms with Gasteiger partial charge in [-0.05, 0) is 31.3 Å². The number of hydrogen-bond acceptors (Lipinski definition) is 2. The summed E-state index contributed by atoms with van der Waals surface area (Å²) in [5, 5.41) is 10.1. The average molecular weight is 180 g/mol. The van der Waals surface area contributed by atoms with Crippen LogP contribution in [0.15, 0.2) is 12.2 Å². The first-order valence-corrected chi connectivity index (χ1v) is 4.77. The second-order valence-corrected chi connectivity index (χ2v) is 3.38. The third kappa shape index (κ3) is 3.87. The normalized spacial score (nSPS) is 16.1. The number of carbonyl (C=O) groups is 1. The molecule has 0 atom stereocenters. The first kappa shape index (κ1) is 9.96. The highest BCUT2D eigenvalue weighted by atomic mass is 16.1. The van der Waals surface area contributed by atoms with Crippen molar-refractivity contribution in [3.63, 3.8) is 0 Å². The molecule has 1 aliphatic carbocycles. The summed E-state index contributed by atoms with van der Waals surface area (Å²) in [5.41, 5.74) is 0.0579. The van der Waals surface area contributed by atoms with Gasteiger partial charge in [-0.3, -0.25) is 10.2 Å². The summed E-state index contributed by atoms with van der Waals surface area (Å²) >= 11 is 0. The molecule has 0 aromatic rings. The predicted octanol–water partition coefficient (Wildman–Crippen LogP) is 1.50. The predicted molar refractivity (Wildman–Crippen MR) is 52.9 cm³/mol. The molecule has 3 heteroatoms. The van der Waals surface area contributed by atoms with Gasteiger partial charge < -0.3 is 5.32 Å². The molecule has 0 radical (unpaired) electrons. The molecule has 2 N–H and O–H groups in total. The molecular weight excluding hydrogens is 164 g/mol. The third-order valence-electron chi connectivity index (χ3n) is 2.01. The van der Waals surface area contributed by atoms with Crippen molar-refractivity contribution in [2.24, 2.45) is 5.92 Å². The zero-order valence-electron chi connectivity index (χ0n) is 7.97. The van der Waals surface area contributed by atoms with Crippen LogP contribution in [0.25, 0.3) is 0 Å². The summed E-state index contributed by atoms with van der Waals surface area (Å²) in [6.07, 6.45) is 6.68. The van der Waals surface area contributed by atoms with E-state index in [1.807, 2.05) is 13.0 Å². The summed E-state index contributed by atoms with van der Waals surface area (Å²) in [6, 6.07) is 0. The first-order chi connectivity index (χ1) is 6.24. The lowest BCUT2D eigenvalue weighted by Crippen LogP contribution is -2.31. The Balaban J connectivity index is 2.20. The fourth-order valence-corrected chi connectivity index (χ4v) is 0.966. The number of rotatable bonds is 5. The molecule has 13 heavy (non-hydrogen) atoms. The number of amides is 1. The van der Waals surface area contributed by atoms with Crippen molar-refractivity contribution in [2.45, 2.75) is 26.2 Å². The minimum Gasteiger partial charge on any atom is -0.350 e. The lowest BCUT2D eigenvalue weighted by atomic mass is 10.3. The molecule has 1 fully saturated rings. The Labute approximate surface area is 78.7 Å². The van der Waals surface area contributed by atoms with E-state index in [0.717, 1.165) is 13.0 Å². The Morgan fingerprint density at radius 3 is 2.85 bits per heavy atom. The Morgan fingerprint density at radius 2 is 2.31 bits per heavy atom. The average Bonchev–Trinajstić information content (AvgIpc) is 2.93. The topological polar surface area (TPSA) is 53.0 Å². The maximum atomic E-state index is 11.2. The second-order valence-electron chi connectivity index (χ2n) is 3.38. The maximum absolute atomic E-state index is 11.2. The monoisotopic (exact) mass is 180 g/mol. The molecule has 1 aliphatic rings. The van der Waals surface area contributed by atoms with Crippen LogP contribution in [-0.4, -0.2) is 18.2 Å². The molecule has 1 rings (SSSR count). The van der Waals surface area contributed by atoms with Gasteiger partial charge in [-0.1, -0.05) is 13.0 Å². The molecule has 0 heterocycles. The van der Waals surface area contributed by atoms with Crippen LogP contribution in [-0.2, 0) is 4.79 Å². The second kappa shape index (κ2) is 4.80. The molecule has 1 saturated carbocycles.